The van der Waals surface area contributed by atoms with Gasteiger partial charge in [-0.15, -0.1) is 0 Å². The maximum atomic E-state index is 12.6. The third-order valence-electron chi connectivity index (χ3n) is 4.70. The lowest BCUT2D eigenvalue weighted by atomic mass is 10.0. The Labute approximate surface area is 190 Å². The summed E-state index contributed by atoms with van der Waals surface area (Å²) >= 11 is 2.03. The molecule has 2 aromatic carbocycles. The van der Waals surface area contributed by atoms with E-state index in [2.05, 4.69) is 20.3 Å². The van der Waals surface area contributed by atoms with Gasteiger partial charge in [0.2, 0.25) is 0 Å². The molecular weight excluding hydrogens is 464 g/mol. The molecule has 2 atom stereocenters. The van der Waals surface area contributed by atoms with Crippen molar-refractivity contribution >= 4 is 39.1 Å². The molecule has 1 amide bonds. The molecule has 1 N–H and O–H groups in total. The zero-order chi connectivity index (χ0) is 22.3. The fraction of sp³-hybridized carbons (Fsp3) is 0.391. The average molecular weight is 493 g/mol. The lowest BCUT2D eigenvalue weighted by molar-refractivity contribution is 0.127. The summed E-state index contributed by atoms with van der Waals surface area (Å²) in [6, 6.07) is 17.1. The lowest BCUT2D eigenvalue weighted by Crippen LogP contribution is -2.33. The Bertz CT molecular complexity index is 851. The number of benzene rings is 2. The van der Waals surface area contributed by atoms with Gasteiger partial charge in [0.1, 0.15) is 16.1 Å². The highest BCUT2D eigenvalue weighted by atomic mass is 79.9. The highest BCUT2D eigenvalue weighted by Crippen LogP contribution is 2.24. The fourth-order valence-corrected chi connectivity index (χ4v) is 3.84. The first kappa shape index (κ1) is 24.4. The molecule has 5 nitrogen and oxygen atoms in total. The summed E-state index contributed by atoms with van der Waals surface area (Å²) in [5, 5.41) is 9.73. The van der Waals surface area contributed by atoms with Crippen LogP contribution in [0.25, 0.3) is 0 Å². The van der Waals surface area contributed by atoms with Gasteiger partial charge in [-0.3, -0.25) is 0 Å². The van der Waals surface area contributed by atoms with Gasteiger partial charge in [0.25, 0.3) is 0 Å². The van der Waals surface area contributed by atoms with Crippen molar-refractivity contribution in [1.29, 1.82) is 0 Å². The van der Waals surface area contributed by atoms with Crippen LogP contribution in [0.2, 0.25) is 0 Å². The predicted molar refractivity (Wildman–Crippen MR) is 127 cm³/mol. The molecule has 0 bridgehead atoms. The number of rotatable bonds is 8. The first-order valence-electron chi connectivity index (χ1n) is 9.89. The summed E-state index contributed by atoms with van der Waals surface area (Å²) in [6.07, 6.45) is 0.173. The second-order valence-corrected chi connectivity index (χ2v) is 10.9. The van der Waals surface area contributed by atoms with E-state index >= 15 is 0 Å². The van der Waals surface area contributed by atoms with E-state index in [9.17, 15) is 14.5 Å². The molecule has 0 aliphatic heterocycles. The number of hydrogen-bond acceptors (Lipinski definition) is 3. The zero-order valence-electron chi connectivity index (χ0n) is 17.8. The summed E-state index contributed by atoms with van der Waals surface area (Å²) in [5.74, 6) is 0. The van der Waals surface area contributed by atoms with Crippen molar-refractivity contribution in [1.82, 2.24) is 4.90 Å². The van der Waals surface area contributed by atoms with Crippen molar-refractivity contribution in [2.75, 3.05) is 6.54 Å². The third-order valence-corrected chi connectivity index (χ3v) is 6.66. The largest absolute Gasteiger partial charge is 0.591 e. The highest BCUT2D eigenvalue weighted by molar-refractivity contribution is 9.10. The standard InChI is InChI=1S/C23H29BrN2O3S/c1-17(18-12-14-20(24)15-13-18)26(22(27)28)16-8-11-21(19-9-6-5-7-10-19)25-30(29)23(2,3)4/h5-7,9-10,12-15,17H,8,11,16H2,1-4H3,(H,27,28)/t17-,30+/m0/s1. The Morgan fingerprint density at radius 3 is 2.30 bits per heavy atom. The number of carbonyl (C=O) groups is 1. The molecular formula is C23H29BrN2O3S. The van der Waals surface area contributed by atoms with Gasteiger partial charge in [0.05, 0.1) is 11.8 Å². The topological polar surface area (TPSA) is 76.0 Å². The third kappa shape index (κ3) is 7.15. The molecule has 0 fully saturated rings. The Morgan fingerprint density at radius 2 is 1.77 bits per heavy atom. The van der Waals surface area contributed by atoms with Gasteiger partial charge in [0, 0.05) is 16.6 Å². The smallest absolute Gasteiger partial charge is 0.407 e. The van der Waals surface area contributed by atoms with Gasteiger partial charge in [-0.2, -0.15) is 0 Å². The van der Waals surface area contributed by atoms with E-state index in [1.54, 1.807) is 0 Å². The predicted octanol–water partition coefficient (Wildman–Crippen LogP) is 6.22. The van der Waals surface area contributed by atoms with Gasteiger partial charge in [-0.1, -0.05) is 62.8 Å². The van der Waals surface area contributed by atoms with Gasteiger partial charge >= 0.3 is 6.09 Å². The first-order chi connectivity index (χ1) is 14.1. The van der Waals surface area contributed by atoms with Crippen molar-refractivity contribution in [2.45, 2.75) is 51.3 Å². The van der Waals surface area contributed by atoms with E-state index in [1.165, 1.54) is 4.90 Å². The van der Waals surface area contributed by atoms with Crippen LogP contribution in [0.15, 0.2) is 63.5 Å². The number of amides is 1. The van der Waals surface area contributed by atoms with Crippen molar-refractivity contribution in [3.8, 4) is 0 Å². The Balaban J connectivity index is 2.14. The van der Waals surface area contributed by atoms with E-state index < -0.39 is 22.2 Å². The Morgan fingerprint density at radius 1 is 1.17 bits per heavy atom. The molecule has 0 radical (unpaired) electrons. The molecule has 2 aromatic rings. The maximum absolute atomic E-state index is 12.6. The molecule has 0 aliphatic carbocycles. The van der Waals surface area contributed by atoms with E-state index in [0.717, 1.165) is 21.3 Å². The second-order valence-electron chi connectivity index (χ2n) is 8.07. The van der Waals surface area contributed by atoms with Gasteiger partial charge in [-0.05, 0) is 58.2 Å². The molecule has 162 valence electrons. The number of halogens is 1. The molecule has 7 heteroatoms. The summed E-state index contributed by atoms with van der Waals surface area (Å²) in [7, 11) is 0. The van der Waals surface area contributed by atoms with Crippen molar-refractivity contribution < 1.29 is 14.5 Å². The minimum absolute atomic E-state index is 0.267. The molecule has 0 saturated heterocycles. The van der Waals surface area contributed by atoms with E-state index in [-0.39, 0.29) is 6.04 Å². The Kier molecular flexibility index (Phi) is 8.94. The number of hydrogen-bond donors (Lipinski definition) is 1. The molecule has 0 heterocycles. The summed E-state index contributed by atoms with van der Waals surface area (Å²) in [4.78, 5) is 13.3. The van der Waals surface area contributed by atoms with Crippen LogP contribution >= 0.6 is 15.9 Å². The Hall–Kier alpha value is -1.83. The molecule has 0 unspecified atom stereocenters. The summed E-state index contributed by atoms with van der Waals surface area (Å²) in [5.41, 5.74) is 2.59. The minimum Gasteiger partial charge on any atom is -0.591 e. The molecule has 30 heavy (non-hydrogen) atoms. The summed E-state index contributed by atoms with van der Waals surface area (Å²) in [6.45, 7) is 7.92. The lowest BCUT2D eigenvalue weighted by Gasteiger charge is -2.27. The second kappa shape index (κ2) is 11.0. The van der Waals surface area contributed by atoms with Crippen LogP contribution in [0.1, 0.15) is 57.7 Å². The monoisotopic (exact) mass is 492 g/mol. The fourth-order valence-electron chi connectivity index (χ4n) is 2.90. The number of nitrogens with zero attached hydrogens (tertiary/aromatic N) is 2. The molecule has 0 aliphatic rings. The highest BCUT2D eigenvalue weighted by Gasteiger charge is 2.28. The molecule has 0 saturated carbocycles. The van der Waals surface area contributed by atoms with Crippen LogP contribution < -0.4 is 0 Å². The molecule has 0 spiro atoms. The van der Waals surface area contributed by atoms with E-state index in [0.29, 0.717) is 19.4 Å². The minimum atomic E-state index is -1.38. The van der Waals surface area contributed by atoms with Crippen LogP contribution in [0, 0.1) is 0 Å². The van der Waals surface area contributed by atoms with E-state index in [4.69, 9.17) is 0 Å². The van der Waals surface area contributed by atoms with Gasteiger partial charge < -0.3 is 14.6 Å². The zero-order valence-corrected chi connectivity index (χ0v) is 20.2. The van der Waals surface area contributed by atoms with Crippen molar-refractivity contribution in [3.05, 3.63) is 70.2 Å². The van der Waals surface area contributed by atoms with Crippen LogP contribution in [0.3, 0.4) is 0 Å². The average Bonchev–Trinajstić information content (AvgIpc) is 2.70. The van der Waals surface area contributed by atoms with Gasteiger partial charge in [0.15, 0.2) is 0 Å². The SMILES string of the molecule is C[C@@H](c1ccc(Br)cc1)N(CCCC(=N[S@+]([O-])C(C)(C)C)c1ccccc1)C(=O)O. The van der Waals surface area contributed by atoms with Crippen LogP contribution in [0.4, 0.5) is 4.79 Å². The van der Waals surface area contributed by atoms with Crippen LogP contribution in [-0.4, -0.2) is 37.7 Å². The van der Waals surface area contributed by atoms with Crippen molar-refractivity contribution in [3.63, 3.8) is 0 Å². The van der Waals surface area contributed by atoms with Crippen LogP contribution in [0.5, 0.6) is 0 Å². The van der Waals surface area contributed by atoms with E-state index in [1.807, 2.05) is 82.3 Å². The van der Waals surface area contributed by atoms with Crippen molar-refractivity contribution in [2.24, 2.45) is 4.40 Å². The molecule has 2 rings (SSSR count). The number of carboxylic acid groups (broad SMARTS) is 1. The maximum Gasteiger partial charge on any atom is 0.407 e. The quantitative estimate of drug-likeness (QED) is 0.350. The normalized spacial score (nSPS) is 14.3. The summed E-state index contributed by atoms with van der Waals surface area (Å²) < 4.78 is 17.6. The first-order valence-corrected chi connectivity index (χ1v) is 11.8. The van der Waals surface area contributed by atoms with Gasteiger partial charge in [-0.25, -0.2) is 4.79 Å². The molecule has 0 aromatic heterocycles. The van der Waals surface area contributed by atoms with Crippen LogP contribution in [-0.2, 0) is 11.4 Å².